The zero-order valence-electron chi connectivity index (χ0n) is 38.0. The van der Waals surface area contributed by atoms with Gasteiger partial charge in [-0.2, -0.15) is 0 Å². The minimum atomic E-state index is -1.36. The lowest BCUT2D eigenvalue weighted by molar-refractivity contribution is -0.143. The second-order valence-corrected chi connectivity index (χ2v) is 15.6. The van der Waals surface area contributed by atoms with Crippen molar-refractivity contribution in [2.75, 3.05) is 72.5 Å². The van der Waals surface area contributed by atoms with Gasteiger partial charge in [0.15, 0.2) is 0 Å². The molecule has 368 valence electrons. The van der Waals surface area contributed by atoms with Crippen molar-refractivity contribution in [3.8, 4) is 0 Å². The second-order valence-electron chi connectivity index (χ2n) is 15.6. The van der Waals surface area contributed by atoms with Gasteiger partial charge in [0, 0.05) is 32.4 Å². The number of carboxylic acids is 3. The van der Waals surface area contributed by atoms with Crippen LogP contribution in [-0.4, -0.2) is 147 Å². The summed E-state index contributed by atoms with van der Waals surface area (Å²) in [5.41, 5.74) is 1.28. The van der Waals surface area contributed by atoms with Crippen molar-refractivity contribution in [2.24, 2.45) is 0 Å². The Morgan fingerprint density at radius 3 is 1.25 bits per heavy atom. The molecular formula is C44H77N5O15. The molecule has 2 unspecified atom stereocenters. The number of allylic oxidation sites excluding steroid dienone is 1. The number of nitrogens with one attached hydrogen (secondary N) is 5. The van der Waals surface area contributed by atoms with Crippen LogP contribution in [0, 0.1) is 0 Å². The summed E-state index contributed by atoms with van der Waals surface area (Å²) in [6.45, 7) is 5.82. The number of hydrogen-bond donors (Lipinski definition) is 8. The molecule has 0 aromatic carbocycles. The third kappa shape index (κ3) is 40.1. The van der Waals surface area contributed by atoms with Crippen molar-refractivity contribution in [3.63, 3.8) is 0 Å². The molecule has 2 atom stereocenters. The molecule has 0 aromatic heterocycles. The summed E-state index contributed by atoms with van der Waals surface area (Å²) < 4.78 is 21.1. The highest BCUT2D eigenvalue weighted by Crippen LogP contribution is 2.14. The first-order valence-electron chi connectivity index (χ1n) is 22.7. The number of carbonyl (C=O) groups excluding carboxylic acids is 5. The molecule has 0 spiro atoms. The Morgan fingerprint density at radius 2 is 0.812 bits per heavy atom. The van der Waals surface area contributed by atoms with Crippen molar-refractivity contribution in [1.82, 2.24) is 26.6 Å². The number of rotatable bonds is 45. The Hall–Kier alpha value is -4.66. The van der Waals surface area contributed by atoms with Crippen LogP contribution in [0.15, 0.2) is 12.2 Å². The molecule has 0 aliphatic carbocycles. The first kappa shape index (κ1) is 59.3. The van der Waals surface area contributed by atoms with Crippen molar-refractivity contribution in [3.05, 3.63) is 12.2 Å². The van der Waals surface area contributed by atoms with E-state index in [1.54, 1.807) is 0 Å². The third-order valence-corrected chi connectivity index (χ3v) is 9.63. The molecule has 20 nitrogen and oxygen atoms in total. The van der Waals surface area contributed by atoms with Gasteiger partial charge >= 0.3 is 17.9 Å². The van der Waals surface area contributed by atoms with Crippen LogP contribution in [0.2, 0.25) is 0 Å². The first-order chi connectivity index (χ1) is 30.7. The van der Waals surface area contributed by atoms with Crippen LogP contribution in [-0.2, 0) is 57.3 Å². The summed E-state index contributed by atoms with van der Waals surface area (Å²) >= 11 is 0. The normalized spacial score (nSPS) is 11.8. The van der Waals surface area contributed by atoms with Crippen LogP contribution >= 0.6 is 0 Å². The Labute approximate surface area is 378 Å². The lowest BCUT2D eigenvalue weighted by Crippen LogP contribution is -2.43. The molecular weight excluding hydrogens is 839 g/mol. The van der Waals surface area contributed by atoms with E-state index in [2.05, 4.69) is 40.1 Å². The van der Waals surface area contributed by atoms with Gasteiger partial charge in [-0.15, -0.1) is 6.58 Å². The molecule has 20 heteroatoms. The number of unbranched alkanes of at least 4 members (excludes halogenated alkanes) is 13. The van der Waals surface area contributed by atoms with Crippen LogP contribution in [0.5, 0.6) is 0 Å². The van der Waals surface area contributed by atoms with Crippen LogP contribution in [0.25, 0.3) is 0 Å². The highest BCUT2D eigenvalue weighted by molar-refractivity contribution is 5.86. The Bertz CT molecular complexity index is 1370. The van der Waals surface area contributed by atoms with E-state index in [0.717, 1.165) is 25.7 Å². The van der Waals surface area contributed by atoms with Crippen LogP contribution in [0.4, 0.5) is 0 Å². The van der Waals surface area contributed by atoms with Crippen molar-refractivity contribution < 1.29 is 72.6 Å². The zero-order valence-corrected chi connectivity index (χ0v) is 38.0. The minimum absolute atomic E-state index is 0.00683. The molecule has 5 amide bonds. The predicted octanol–water partition coefficient (Wildman–Crippen LogP) is 3.00. The molecule has 0 aliphatic rings. The van der Waals surface area contributed by atoms with Gasteiger partial charge < -0.3 is 60.9 Å². The molecule has 0 aromatic rings. The summed E-state index contributed by atoms with van der Waals surface area (Å²) in [5.74, 6) is -6.28. The predicted molar refractivity (Wildman–Crippen MR) is 236 cm³/mol. The smallest absolute Gasteiger partial charge is 0.326 e. The topological polar surface area (TPSA) is 294 Å². The number of amides is 5. The summed E-state index contributed by atoms with van der Waals surface area (Å²) in [7, 11) is 0. The van der Waals surface area contributed by atoms with Gasteiger partial charge in [0.05, 0.1) is 39.6 Å². The molecule has 0 aliphatic heterocycles. The number of aliphatic carboxylic acids is 3. The lowest BCUT2D eigenvalue weighted by Gasteiger charge is -2.14. The maximum absolute atomic E-state index is 12.3. The first-order valence-corrected chi connectivity index (χ1v) is 22.7. The lowest BCUT2D eigenvalue weighted by atomic mass is 10.0. The van der Waals surface area contributed by atoms with E-state index in [0.29, 0.717) is 6.42 Å². The number of ether oxygens (including phenoxy) is 4. The maximum atomic E-state index is 12.3. The van der Waals surface area contributed by atoms with E-state index < -0.39 is 55.0 Å². The number of carbonyl (C=O) groups is 8. The third-order valence-electron chi connectivity index (χ3n) is 9.63. The number of hydrogen-bond acceptors (Lipinski definition) is 12. The van der Waals surface area contributed by atoms with E-state index in [-0.39, 0.29) is 109 Å². The summed E-state index contributed by atoms with van der Waals surface area (Å²) in [6.07, 6.45) is 17.4. The van der Waals surface area contributed by atoms with Gasteiger partial charge in [-0.1, -0.05) is 82.6 Å². The standard InChI is InChI=1S/C44H77N5O15/c1-34(2)17-15-13-11-9-7-5-3-4-6-8-10-12-14-16-18-39(52)48-35(43(57)58)19-21-37(50)45-23-25-61-27-29-63-32-40(53)46-24-26-62-28-30-64-33-41(54)49-36(44(59)60)20-22-38(51)47-31-42(55)56/h35-36H,1,3-33H2,2H3,(H,45,50)(H,46,53)(H,47,51)(H,48,52)(H,49,54)(H,55,56)(H,57,58)(H,59,60). The van der Waals surface area contributed by atoms with Crippen molar-refractivity contribution >= 4 is 47.4 Å². The fourth-order valence-corrected chi connectivity index (χ4v) is 6.10. The van der Waals surface area contributed by atoms with E-state index in [9.17, 15) is 48.6 Å². The zero-order chi connectivity index (χ0) is 47.6. The molecule has 0 rings (SSSR count). The summed E-state index contributed by atoms with van der Waals surface area (Å²) in [6, 6.07) is -2.51. The molecule has 0 heterocycles. The highest BCUT2D eigenvalue weighted by Gasteiger charge is 2.22. The Kier molecular flexibility index (Phi) is 38.1. The molecule has 0 saturated heterocycles. The van der Waals surface area contributed by atoms with Gasteiger partial charge in [0.25, 0.3) is 0 Å². The minimum Gasteiger partial charge on any atom is -0.480 e. The fraction of sp³-hybridized carbons (Fsp3) is 0.773. The second kappa shape index (κ2) is 41.1. The average molecular weight is 916 g/mol. The van der Waals surface area contributed by atoms with E-state index >= 15 is 0 Å². The van der Waals surface area contributed by atoms with Gasteiger partial charge in [-0.05, 0) is 39.0 Å². The molecule has 8 N–H and O–H groups in total. The Balaban J connectivity index is 3.76. The van der Waals surface area contributed by atoms with Crippen LogP contribution < -0.4 is 26.6 Å². The van der Waals surface area contributed by atoms with E-state index in [4.69, 9.17) is 24.1 Å². The van der Waals surface area contributed by atoms with E-state index in [1.807, 2.05) is 0 Å². The fourth-order valence-electron chi connectivity index (χ4n) is 6.10. The quantitative estimate of drug-likeness (QED) is 0.0322. The van der Waals surface area contributed by atoms with Gasteiger partial charge in [-0.3, -0.25) is 28.8 Å². The Morgan fingerprint density at radius 1 is 0.438 bits per heavy atom. The molecule has 0 fully saturated rings. The van der Waals surface area contributed by atoms with Gasteiger partial charge in [-0.25, -0.2) is 9.59 Å². The number of carboxylic acid groups (broad SMARTS) is 3. The summed E-state index contributed by atoms with van der Waals surface area (Å²) in [5, 5.41) is 39.4. The van der Waals surface area contributed by atoms with Gasteiger partial charge in [0.2, 0.25) is 29.5 Å². The van der Waals surface area contributed by atoms with E-state index in [1.165, 1.54) is 69.8 Å². The van der Waals surface area contributed by atoms with Gasteiger partial charge in [0.1, 0.15) is 31.8 Å². The summed E-state index contributed by atoms with van der Waals surface area (Å²) in [4.78, 5) is 93.5. The molecule has 0 radical (unpaired) electrons. The van der Waals surface area contributed by atoms with Crippen molar-refractivity contribution in [2.45, 2.75) is 147 Å². The maximum Gasteiger partial charge on any atom is 0.326 e. The largest absolute Gasteiger partial charge is 0.480 e. The van der Waals surface area contributed by atoms with Crippen molar-refractivity contribution in [1.29, 1.82) is 0 Å². The SMILES string of the molecule is C=C(C)CCCCCCCCCCCCCCCCC(=O)NC(CCC(=O)NCCOCCOCC(=O)NCCOCCOCC(=O)NC(CCC(=O)NCC(=O)O)C(=O)O)C(=O)O. The monoisotopic (exact) mass is 916 g/mol. The van der Waals surface area contributed by atoms with Crippen LogP contribution in [0.3, 0.4) is 0 Å². The molecule has 0 saturated carbocycles. The molecule has 64 heavy (non-hydrogen) atoms. The average Bonchev–Trinajstić information content (AvgIpc) is 3.24. The highest BCUT2D eigenvalue weighted by atomic mass is 16.5. The molecule has 0 bridgehead atoms. The van der Waals surface area contributed by atoms with Crippen LogP contribution in [0.1, 0.15) is 135 Å².